The molecular formula is C66H112O22. The van der Waals surface area contributed by atoms with Crippen LogP contribution in [0.4, 0.5) is 0 Å². The summed E-state index contributed by atoms with van der Waals surface area (Å²) < 4.78 is 57.5. The van der Waals surface area contributed by atoms with Crippen LogP contribution in [0.15, 0.2) is 0 Å². The van der Waals surface area contributed by atoms with E-state index < -0.39 is 0 Å². The lowest BCUT2D eigenvalue weighted by atomic mass is 10.2. The number of ether oxygens (including phenoxy) is 11. The fraction of sp³-hybridized carbons (Fsp3) is 0.833. The molecule has 0 aromatic heterocycles. The van der Waals surface area contributed by atoms with Crippen LogP contribution in [-0.4, -0.2) is 138 Å². The second kappa shape index (κ2) is 61.4. The molecule has 0 aromatic rings. The molecule has 22 nitrogen and oxygen atoms in total. The lowest BCUT2D eigenvalue weighted by molar-refractivity contribution is -0.148. The Hall–Kier alpha value is -5.83. The molecule has 0 amide bonds. The summed E-state index contributed by atoms with van der Waals surface area (Å²) in [6.07, 6.45) is 23.6. The number of rotatable bonds is 62. The van der Waals surface area contributed by atoms with E-state index in [0.29, 0.717) is 207 Å². The molecule has 0 atom stereocenters. The summed E-state index contributed by atoms with van der Waals surface area (Å²) in [6, 6.07) is 0. The Morgan fingerprint density at radius 3 is 0.466 bits per heavy atom. The summed E-state index contributed by atoms with van der Waals surface area (Å²) >= 11 is 0. The molecule has 0 spiro atoms. The molecule has 0 rings (SSSR count). The van der Waals surface area contributed by atoms with Crippen LogP contribution in [-0.2, 0) is 105 Å². The Morgan fingerprint density at radius 1 is 0.193 bits per heavy atom. The average Bonchev–Trinajstić information content (AvgIpc) is 3.49. The van der Waals surface area contributed by atoms with Gasteiger partial charge in [0, 0.05) is 64.2 Å². The van der Waals surface area contributed by atoms with Crippen LogP contribution >= 0.6 is 0 Å². The molecule has 0 saturated carbocycles. The molecule has 0 aliphatic rings. The van der Waals surface area contributed by atoms with E-state index in [1.807, 2.05) is 0 Å². The van der Waals surface area contributed by atoms with Crippen molar-refractivity contribution < 1.29 is 105 Å². The van der Waals surface area contributed by atoms with Gasteiger partial charge >= 0.3 is 65.7 Å². The summed E-state index contributed by atoms with van der Waals surface area (Å²) in [4.78, 5) is 131. The van der Waals surface area contributed by atoms with Crippen LogP contribution < -0.4 is 0 Å². The molecule has 0 aliphatic heterocycles. The van der Waals surface area contributed by atoms with E-state index in [4.69, 9.17) is 52.1 Å². The molecule has 0 N–H and O–H groups in total. The standard InChI is InChI=1S/C66H112O22/c1-4-78-56(67)35-15-5-25-45-79-57(68)36-16-6-26-46-80-58(69)37-17-7-27-47-81-59(70)38-18-8-28-48-82-60(71)39-19-9-29-49-83-61(72)40-20-10-30-50-84-62(73)41-21-11-31-51-85-63(74)42-22-12-32-52-86-64(75)43-23-13-33-53-87-65(76)44-24-14-34-54-88-66(77)55(2)3/h55H,4-54H2,1-3H3. The Kier molecular flexibility index (Phi) is 57.3. The molecule has 508 valence electrons. The van der Waals surface area contributed by atoms with Crippen molar-refractivity contribution in [2.24, 2.45) is 5.92 Å². The summed E-state index contributed by atoms with van der Waals surface area (Å²) in [5, 5.41) is 0. The summed E-state index contributed by atoms with van der Waals surface area (Å²) in [5.41, 5.74) is 0. The monoisotopic (exact) mass is 1260 g/mol. The third-order valence-corrected chi connectivity index (χ3v) is 13.6. The minimum Gasteiger partial charge on any atom is -0.466 e. The SMILES string of the molecule is CCOC(=O)CCCCCOC(=O)CCCCCOC(=O)CCCCCOC(=O)CCCCCOC(=O)CCCCCOC(=O)CCCCCOC(=O)CCCCCOC(=O)CCCCCOC(=O)CCCCCOC(=O)CCCCCOC(=O)C(C)C. The second-order valence-electron chi connectivity index (χ2n) is 22.2. The maximum absolute atomic E-state index is 12.1. The van der Waals surface area contributed by atoms with Gasteiger partial charge in [-0.2, -0.15) is 0 Å². The second-order valence-corrected chi connectivity index (χ2v) is 22.2. The first-order valence-corrected chi connectivity index (χ1v) is 33.4. The maximum atomic E-state index is 12.1. The third-order valence-electron chi connectivity index (χ3n) is 13.6. The van der Waals surface area contributed by atoms with Gasteiger partial charge in [0.15, 0.2) is 0 Å². The fourth-order valence-electron chi connectivity index (χ4n) is 8.38. The van der Waals surface area contributed by atoms with Gasteiger partial charge in [-0.1, -0.05) is 13.8 Å². The Morgan fingerprint density at radius 2 is 0.330 bits per heavy atom. The molecule has 0 fully saturated rings. The van der Waals surface area contributed by atoms with Gasteiger partial charge in [0.2, 0.25) is 0 Å². The van der Waals surface area contributed by atoms with Crippen molar-refractivity contribution in [2.45, 2.75) is 278 Å². The normalized spacial score (nSPS) is 10.9. The van der Waals surface area contributed by atoms with E-state index in [2.05, 4.69) is 0 Å². The minimum atomic E-state index is -0.282. The highest BCUT2D eigenvalue weighted by atomic mass is 16.6. The number of unbranched alkanes of at least 4 members (excludes halogenated alkanes) is 20. The summed E-state index contributed by atoms with van der Waals surface area (Å²) in [6.45, 7) is 8.78. The highest BCUT2D eigenvalue weighted by Gasteiger charge is 2.13. The summed E-state index contributed by atoms with van der Waals surface area (Å²) in [5.74, 6) is -2.99. The van der Waals surface area contributed by atoms with Crippen molar-refractivity contribution in [3.05, 3.63) is 0 Å². The highest BCUT2D eigenvalue weighted by Crippen LogP contribution is 2.13. The first kappa shape index (κ1) is 82.2. The maximum Gasteiger partial charge on any atom is 0.308 e. The van der Waals surface area contributed by atoms with Gasteiger partial charge in [-0.05, 0) is 200 Å². The Bertz CT molecular complexity index is 1870. The van der Waals surface area contributed by atoms with Gasteiger partial charge in [0.1, 0.15) is 0 Å². The lowest BCUT2D eigenvalue weighted by Crippen LogP contribution is -2.12. The largest absolute Gasteiger partial charge is 0.466 e. The first-order chi connectivity index (χ1) is 42.6. The van der Waals surface area contributed by atoms with Crippen LogP contribution in [0.3, 0.4) is 0 Å². The van der Waals surface area contributed by atoms with Crippen molar-refractivity contribution >= 4 is 65.7 Å². The summed E-state index contributed by atoms with van der Waals surface area (Å²) in [7, 11) is 0. The predicted molar refractivity (Wildman–Crippen MR) is 326 cm³/mol. The lowest BCUT2D eigenvalue weighted by Gasteiger charge is -2.07. The molecular weight excluding hydrogens is 1140 g/mol. The molecule has 22 heteroatoms. The van der Waals surface area contributed by atoms with Crippen molar-refractivity contribution in [3.63, 3.8) is 0 Å². The van der Waals surface area contributed by atoms with E-state index in [9.17, 15) is 52.7 Å². The molecule has 0 saturated heterocycles. The predicted octanol–water partition coefficient (Wildman–Crippen LogP) is 12.2. The zero-order valence-electron chi connectivity index (χ0n) is 54.1. The molecule has 0 aliphatic carbocycles. The fourth-order valence-corrected chi connectivity index (χ4v) is 8.38. The van der Waals surface area contributed by atoms with E-state index in [1.165, 1.54) is 0 Å². The average molecular weight is 1260 g/mol. The van der Waals surface area contributed by atoms with Crippen LogP contribution in [0, 0.1) is 5.92 Å². The van der Waals surface area contributed by atoms with Crippen LogP contribution in [0.1, 0.15) is 278 Å². The zero-order chi connectivity index (χ0) is 64.8. The third kappa shape index (κ3) is 60.5. The van der Waals surface area contributed by atoms with Gasteiger partial charge in [-0.25, -0.2) is 0 Å². The van der Waals surface area contributed by atoms with E-state index >= 15 is 0 Å². The van der Waals surface area contributed by atoms with Crippen molar-refractivity contribution in [2.75, 3.05) is 72.7 Å². The van der Waals surface area contributed by atoms with E-state index in [-0.39, 0.29) is 130 Å². The van der Waals surface area contributed by atoms with Gasteiger partial charge in [-0.15, -0.1) is 0 Å². The van der Waals surface area contributed by atoms with E-state index in [1.54, 1.807) is 20.8 Å². The molecule has 0 aromatic carbocycles. The van der Waals surface area contributed by atoms with Crippen molar-refractivity contribution in [3.8, 4) is 0 Å². The van der Waals surface area contributed by atoms with Crippen molar-refractivity contribution in [1.29, 1.82) is 0 Å². The van der Waals surface area contributed by atoms with E-state index in [0.717, 1.165) is 64.2 Å². The topological polar surface area (TPSA) is 289 Å². The number of hydrogen-bond donors (Lipinski definition) is 0. The van der Waals surface area contributed by atoms with Crippen LogP contribution in [0.5, 0.6) is 0 Å². The van der Waals surface area contributed by atoms with Gasteiger partial charge in [-0.3, -0.25) is 52.7 Å². The van der Waals surface area contributed by atoms with Crippen molar-refractivity contribution in [1.82, 2.24) is 0 Å². The number of carbonyl (C=O) groups is 11. The molecule has 0 unspecified atom stereocenters. The molecule has 0 bridgehead atoms. The van der Waals surface area contributed by atoms with Gasteiger partial charge in [0.25, 0.3) is 0 Å². The highest BCUT2D eigenvalue weighted by molar-refractivity contribution is 5.73. The molecule has 0 radical (unpaired) electrons. The molecule has 0 heterocycles. The first-order valence-electron chi connectivity index (χ1n) is 33.4. The quantitative estimate of drug-likeness (QED) is 0.0310. The molecule has 88 heavy (non-hydrogen) atoms. The van der Waals surface area contributed by atoms with Gasteiger partial charge < -0.3 is 52.1 Å². The number of hydrogen-bond acceptors (Lipinski definition) is 22. The zero-order valence-corrected chi connectivity index (χ0v) is 54.1. The van der Waals surface area contributed by atoms with Crippen LogP contribution in [0.25, 0.3) is 0 Å². The Labute approximate surface area is 524 Å². The Balaban J connectivity index is 3.51. The van der Waals surface area contributed by atoms with Gasteiger partial charge in [0.05, 0.1) is 78.6 Å². The number of carbonyl (C=O) groups excluding carboxylic acids is 11. The van der Waals surface area contributed by atoms with Crippen LogP contribution in [0.2, 0.25) is 0 Å². The minimum absolute atomic E-state index is 0.144. The smallest absolute Gasteiger partial charge is 0.308 e. The number of esters is 11.